The molecule has 4 heteroatoms. The highest BCUT2D eigenvalue weighted by atomic mass is 16.5. The molecule has 148 valence electrons. The molecule has 2 aliphatic rings. The van der Waals surface area contributed by atoms with Gasteiger partial charge in [0.05, 0.1) is 38.6 Å². The van der Waals surface area contributed by atoms with Crippen molar-refractivity contribution in [2.24, 2.45) is 29.1 Å². The first-order valence-corrected chi connectivity index (χ1v) is 10.3. The minimum Gasteiger partial charge on any atom is -0.394 e. The number of hydrogen-bond acceptors (Lipinski definition) is 4. The summed E-state index contributed by atoms with van der Waals surface area (Å²) in [7, 11) is 0. The third-order valence-corrected chi connectivity index (χ3v) is 7.13. The summed E-state index contributed by atoms with van der Waals surface area (Å²) >= 11 is 0. The summed E-state index contributed by atoms with van der Waals surface area (Å²) in [6.07, 6.45) is 7.84. The highest BCUT2D eigenvalue weighted by Crippen LogP contribution is 2.50. The Morgan fingerprint density at radius 3 is 1.48 bits per heavy atom. The van der Waals surface area contributed by atoms with Crippen molar-refractivity contribution in [3.05, 3.63) is 0 Å². The lowest BCUT2D eigenvalue weighted by atomic mass is 9.58. The molecule has 0 aromatic rings. The zero-order chi connectivity index (χ0) is 18.4. The maximum atomic E-state index is 8.99. The summed E-state index contributed by atoms with van der Waals surface area (Å²) in [6.45, 7) is 10.8. The second kappa shape index (κ2) is 9.68. The van der Waals surface area contributed by atoms with Gasteiger partial charge < -0.3 is 19.7 Å². The van der Waals surface area contributed by atoms with Crippen molar-refractivity contribution in [1.82, 2.24) is 0 Å². The molecule has 0 bridgehead atoms. The Hall–Kier alpha value is -0.160. The lowest BCUT2D eigenvalue weighted by molar-refractivity contribution is -0.0749. The van der Waals surface area contributed by atoms with Crippen molar-refractivity contribution >= 4 is 0 Å². The van der Waals surface area contributed by atoms with Crippen LogP contribution >= 0.6 is 0 Å². The van der Waals surface area contributed by atoms with Gasteiger partial charge in [0.25, 0.3) is 0 Å². The third kappa shape index (κ3) is 5.41. The van der Waals surface area contributed by atoms with Crippen molar-refractivity contribution in [3.8, 4) is 0 Å². The maximum Gasteiger partial charge on any atom is 0.0701 e. The van der Waals surface area contributed by atoms with E-state index in [0.717, 1.165) is 24.7 Å². The minimum atomic E-state index is 0.123. The standard InChI is InChI=1S/C21H40O4/c1-15-13-17(5-7-19(15)24-11-9-22)21(3,4)18-6-8-20(16(2)14-18)25-12-10-23/h15-20,22-23H,5-14H2,1-4H3. The maximum absolute atomic E-state index is 8.99. The average Bonchev–Trinajstić information content (AvgIpc) is 2.59. The first-order chi connectivity index (χ1) is 11.9. The van der Waals surface area contributed by atoms with Crippen LogP contribution in [-0.4, -0.2) is 48.8 Å². The number of aliphatic hydroxyl groups is 2. The fourth-order valence-corrected chi connectivity index (χ4v) is 5.32. The van der Waals surface area contributed by atoms with Gasteiger partial charge in [-0.25, -0.2) is 0 Å². The summed E-state index contributed by atoms with van der Waals surface area (Å²) in [6, 6.07) is 0. The molecular formula is C21H40O4. The molecule has 6 atom stereocenters. The zero-order valence-corrected chi connectivity index (χ0v) is 16.7. The Morgan fingerprint density at radius 1 is 0.760 bits per heavy atom. The number of hydrogen-bond donors (Lipinski definition) is 2. The van der Waals surface area contributed by atoms with Crippen LogP contribution in [0.1, 0.15) is 66.2 Å². The molecule has 2 fully saturated rings. The van der Waals surface area contributed by atoms with E-state index in [4.69, 9.17) is 19.7 Å². The highest BCUT2D eigenvalue weighted by Gasteiger charge is 2.43. The van der Waals surface area contributed by atoms with E-state index in [2.05, 4.69) is 27.7 Å². The van der Waals surface area contributed by atoms with Gasteiger partial charge in [-0.1, -0.05) is 27.7 Å². The van der Waals surface area contributed by atoms with Gasteiger partial charge >= 0.3 is 0 Å². The van der Waals surface area contributed by atoms with Gasteiger partial charge in [-0.3, -0.25) is 0 Å². The molecular weight excluding hydrogens is 316 g/mol. The van der Waals surface area contributed by atoms with Crippen molar-refractivity contribution < 1.29 is 19.7 Å². The van der Waals surface area contributed by atoms with Gasteiger partial charge in [0.15, 0.2) is 0 Å². The molecule has 25 heavy (non-hydrogen) atoms. The van der Waals surface area contributed by atoms with Crippen LogP contribution in [0.4, 0.5) is 0 Å². The van der Waals surface area contributed by atoms with Gasteiger partial charge in [-0.15, -0.1) is 0 Å². The quantitative estimate of drug-likeness (QED) is 0.697. The van der Waals surface area contributed by atoms with Crippen LogP contribution in [0.3, 0.4) is 0 Å². The number of aliphatic hydroxyl groups excluding tert-OH is 2. The zero-order valence-electron chi connectivity index (χ0n) is 16.7. The second-order valence-corrected chi connectivity index (χ2v) is 9.06. The van der Waals surface area contributed by atoms with E-state index >= 15 is 0 Å². The van der Waals surface area contributed by atoms with Crippen molar-refractivity contribution in [2.45, 2.75) is 78.4 Å². The molecule has 0 amide bonds. The molecule has 0 aliphatic heterocycles. The van der Waals surface area contributed by atoms with E-state index in [1.807, 2.05) is 0 Å². The molecule has 0 heterocycles. The summed E-state index contributed by atoms with van der Waals surface area (Å²) < 4.78 is 11.7. The van der Waals surface area contributed by atoms with Gasteiger partial charge in [0.2, 0.25) is 0 Å². The lowest BCUT2D eigenvalue weighted by Gasteiger charge is -2.49. The first-order valence-electron chi connectivity index (χ1n) is 10.3. The Kier molecular flexibility index (Phi) is 8.19. The van der Waals surface area contributed by atoms with E-state index in [0.29, 0.717) is 42.7 Å². The summed E-state index contributed by atoms with van der Waals surface area (Å²) in [5, 5.41) is 18.0. The van der Waals surface area contributed by atoms with Crippen LogP contribution in [0.5, 0.6) is 0 Å². The molecule has 0 saturated heterocycles. The Bertz CT molecular complexity index is 350. The highest BCUT2D eigenvalue weighted by molar-refractivity contribution is 4.93. The van der Waals surface area contributed by atoms with Gasteiger partial charge in [0.1, 0.15) is 0 Å². The fraction of sp³-hybridized carbons (Fsp3) is 1.00. The van der Waals surface area contributed by atoms with Crippen molar-refractivity contribution in [2.75, 3.05) is 26.4 Å². The van der Waals surface area contributed by atoms with E-state index in [1.54, 1.807) is 0 Å². The van der Waals surface area contributed by atoms with Crippen LogP contribution in [0.15, 0.2) is 0 Å². The molecule has 0 spiro atoms. The van der Waals surface area contributed by atoms with E-state index in [-0.39, 0.29) is 13.2 Å². The molecule has 0 aromatic heterocycles. The van der Waals surface area contributed by atoms with Crippen LogP contribution in [0.25, 0.3) is 0 Å². The molecule has 2 aliphatic carbocycles. The van der Waals surface area contributed by atoms with Crippen molar-refractivity contribution in [3.63, 3.8) is 0 Å². The lowest BCUT2D eigenvalue weighted by Crippen LogP contribution is -2.43. The van der Waals surface area contributed by atoms with E-state index in [1.165, 1.54) is 25.7 Å². The number of rotatable bonds is 8. The molecule has 6 unspecified atom stereocenters. The molecule has 0 radical (unpaired) electrons. The summed E-state index contributed by atoms with van der Waals surface area (Å²) in [5.74, 6) is 2.66. The third-order valence-electron chi connectivity index (χ3n) is 7.13. The molecule has 2 saturated carbocycles. The second-order valence-electron chi connectivity index (χ2n) is 9.06. The van der Waals surface area contributed by atoms with Crippen LogP contribution in [-0.2, 0) is 9.47 Å². The number of ether oxygens (including phenoxy) is 2. The van der Waals surface area contributed by atoms with Crippen LogP contribution < -0.4 is 0 Å². The topological polar surface area (TPSA) is 58.9 Å². The average molecular weight is 357 g/mol. The van der Waals surface area contributed by atoms with E-state index in [9.17, 15) is 0 Å². The van der Waals surface area contributed by atoms with E-state index < -0.39 is 0 Å². The Labute approximate surface area is 154 Å². The van der Waals surface area contributed by atoms with Crippen molar-refractivity contribution in [1.29, 1.82) is 0 Å². The molecule has 0 aromatic carbocycles. The summed E-state index contributed by atoms with van der Waals surface area (Å²) in [5.41, 5.74) is 0.354. The smallest absolute Gasteiger partial charge is 0.0701 e. The monoisotopic (exact) mass is 356 g/mol. The van der Waals surface area contributed by atoms with Crippen LogP contribution in [0.2, 0.25) is 0 Å². The molecule has 2 rings (SSSR count). The first kappa shape index (κ1) is 21.1. The summed E-state index contributed by atoms with van der Waals surface area (Å²) in [4.78, 5) is 0. The largest absolute Gasteiger partial charge is 0.394 e. The van der Waals surface area contributed by atoms with Crippen LogP contribution in [0, 0.1) is 29.1 Å². The Balaban J connectivity index is 1.89. The van der Waals surface area contributed by atoms with Gasteiger partial charge in [-0.05, 0) is 67.6 Å². The predicted molar refractivity (Wildman–Crippen MR) is 100 cm³/mol. The van der Waals surface area contributed by atoms with Gasteiger partial charge in [-0.2, -0.15) is 0 Å². The Morgan fingerprint density at radius 2 is 1.16 bits per heavy atom. The fourth-order valence-electron chi connectivity index (χ4n) is 5.32. The normalized spacial score (nSPS) is 37.2. The molecule has 4 nitrogen and oxygen atoms in total. The SMILES string of the molecule is CC1CC(C(C)(C)C2CCC(OCCO)C(C)C2)CCC1OCCO. The van der Waals surface area contributed by atoms with Gasteiger partial charge in [0, 0.05) is 0 Å². The minimum absolute atomic E-state index is 0.123. The molecule has 2 N–H and O–H groups in total. The predicted octanol–water partition coefficient (Wildman–Crippen LogP) is 3.64.